The van der Waals surface area contributed by atoms with Gasteiger partial charge in [0.2, 0.25) is 5.95 Å². The van der Waals surface area contributed by atoms with Gasteiger partial charge in [0.1, 0.15) is 5.82 Å². The lowest BCUT2D eigenvalue weighted by molar-refractivity contribution is 0.219. The summed E-state index contributed by atoms with van der Waals surface area (Å²) in [5.41, 5.74) is 0. The number of rotatable bonds is 5. The van der Waals surface area contributed by atoms with E-state index in [0.29, 0.717) is 6.04 Å². The van der Waals surface area contributed by atoms with Crippen LogP contribution >= 0.6 is 0 Å². The molecule has 1 fully saturated rings. The molecule has 1 aliphatic heterocycles. The van der Waals surface area contributed by atoms with E-state index in [1.165, 1.54) is 38.9 Å². The van der Waals surface area contributed by atoms with Crippen LogP contribution in [0.2, 0.25) is 0 Å². The van der Waals surface area contributed by atoms with E-state index in [1.807, 2.05) is 31.3 Å². The maximum atomic E-state index is 4.51. The van der Waals surface area contributed by atoms with Crippen LogP contribution in [0.5, 0.6) is 0 Å². The molecule has 5 heteroatoms. The van der Waals surface area contributed by atoms with Gasteiger partial charge in [0.15, 0.2) is 0 Å². The highest BCUT2D eigenvalue weighted by molar-refractivity contribution is 5.41. The van der Waals surface area contributed by atoms with E-state index in [0.717, 1.165) is 11.8 Å². The van der Waals surface area contributed by atoms with Gasteiger partial charge in [0.25, 0.3) is 0 Å². The molecular weight excluding hydrogens is 238 g/mol. The van der Waals surface area contributed by atoms with Gasteiger partial charge in [0.05, 0.1) is 0 Å². The lowest BCUT2D eigenvalue weighted by Crippen LogP contribution is -2.39. The first kappa shape index (κ1) is 14.1. The Bertz CT molecular complexity index is 385. The van der Waals surface area contributed by atoms with E-state index in [9.17, 15) is 0 Å². The number of anilines is 2. The Morgan fingerprint density at radius 1 is 1.37 bits per heavy atom. The third kappa shape index (κ3) is 4.06. The first-order valence-electron chi connectivity index (χ1n) is 7.18. The van der Waals surface area contributed by atoms with Crippen molar-refractivity contribution >= 4 is 11.8 Å². The van der Waals surface area contributed by atoms with Crippen LogP contribution in [0.3, 0.4) is 0 Å². The van der Waals surface area contributed by atoms with Crippen molar-refractivity contribution in [3.05, 3.63) is 12.3 Å². The molecule has 0 saturated carbocycles. The van der Waals surface area contributed by atoms with Gasteiger partial charge in [-0.3, -0.25) is 0 Å². The van der Waals surface area contributed by atoms with Crippen LogP contribution in [0.15, 0.2) is 12.3 Å². The lowest BCUT2D eigenvalue weighted by atomic mass is 10.0. The molecule has 0 aliphatic carbocycles. The number of hydrogen-bond donors (Lipinski definition) is 1. The molecule has 1 aromatic heterocycles. The van der Waals surface area contributed by atoms with Crippen molar-refractivity contribution in [1.29, 1.82) is 0 Å². The van der Waals surface area contributed by atoms with Gasteiger partial charge in [-0.2, -0.15) is 4.98 Å². The van der Waals surface area contributed by atoms with Gasteiger partial charge < -0.3 is 15.1 Å². The second kappa shape index (κ2) is 6.70. The molecule has 0 spiro atoms. The van der Waals surface area contributed by atoms with Crippen molar-refractivity contribution in [3.8, 4) is 0 Å². The molecule has 0 atom stereocenters. The number of aromatic nitrogens is 2. The van der Waals surface area contributed by atoms with Gasteiger partial charge in [0, 0.05) is 39.4 Å². The van der Waals surface area contributed by atoms with Crippen LogP contribution in [-0.2, 0) is 0 Å². The van der Waals surface area contributed by atoms with Crippen LogP contribution in [0.4, 0.5) is 11.8 Å². The molecule has 1 saturated heterocycles. The van der Waals surface area contributed by atoms with Gasteiger partial charge in [-0.25, -0.2) is 4.98 Å². The van der Waals surface area contributed by atoms with Gasteiger partial charge in [-0.05, 0) is 31.9 Å². The number of piperidine rings is 1. The molecule has 0 bridgehead atoms. The van der Waals surface area contributed by atoms with Crippen LogP contribution in [0, 0.1) is 0 Å². The molecule has 106 valence electrons. The number of hydrogen-bond acceptors (Lipinski definition) is 5. The van der Waals surface area contributed by atoms with Crippen molar-refractivity contribution in [2.75, 3.05) is 43.9 Å². The van der Waals surface area contributed by atoms with E-state index in [-0.39, 0.29) is 0 Å². The highest BCUT2D eigenvalue weighted by Crippen LogP contribution is 2.16. The molecule has 1 aliphatic rings. The Morgan fingerprint density at radius 2 is 2.11 bits per heavy atom. The fourth-order valence-corrected chi connectivity index (χ4v) is 2.47. The Labute approximate surface area is 116 Å². The van der Waals surface area contributed by atoms with Crippen LogP contribution < -0.4 is 10.2 Å². The van der Waals surface area contributed by atoms with Crippen molar-refractivity contribution in [2.45, 2.75) is 32.2 Å². The van der Waals surface area contributed by atoms with Gasteiger partial charge in [-0.15, -0.1) is 0 Å². The van der Waals surface area contributed by atoms with Crippen LogP contribution in [-0.4, -0.2) is 54.6 Å². The second-order valence-electron chi connectivity index (χ2n) is 5.40. The molecule has 2 rings (SSSR count). The molecular formula is C14H25N5. The Hall–Kier alpha value is -1.36. The van der Waals surface area contributed by atoms with Gasteiger partial charge >= 0.3 is 0 Å². The van der Waals surface area contributed by atoms with E-state index >= 15 is 0 Å². The number of nitrogens with one attached hydrogen (secondary N) is 1. The summed E-state index contributed by atoms with van der Waals surface area (Å²) in [6.45, 7) is 5.85. The van der Waals surface area contributed by atoms with Gasteiger partial charge in [-0.1, -0.05) is 6.92 Å². The van der Waals surface area contributed by atoms with Crippen molar-refractivity contribution in [1.82, 2.24) is 14.9 Å². The third-order valence-corrected chi connectivity index (χ3v) is 3.52. The van der Waals surface area contributed by atoms with Crippen LogP contribution in [0.1, 0.15) is 26.2 Å². The normalized spacial score (nSPS) is 17.4. The lowest BCUT2D eigenvalue weighted by Gasteiger charge is -2.32. The summed E-state index contributed by atoms with van der Waals surface area (Å²) in [5, 5.41) is 3.53. The fourth-order valence-electron chi connectivity index (χ4n) is 2.47. The van der Waals surface area contributed by atoms with E-state index in [4.69, 9.17) is 0 Å². The third-order valence-electron chi connectivity index (χ3n) is 3.52. The monoisotopic (exact) mass is 263 g/mol. The summed E-state index contributed by atoms with van der Waals surface area (Å²) < 4.78 is 0. The fraction of sp³-hybridized carbons (Fsp3) is 0.714. The molecule has 0 amide bonds. The molecule has 1 N–H and O–H groups in total. The van der Waals surface area contributed by atoms with Crippen molar-refractivity contribution < 1.29 is 0 Å². The molecule has 0 unspecified atom stereocenters. The average Bonchev–Trinajstić information content (AvgIpc) is 2.42. The summed E-state index contributed by atoms with van der Waals surface area (Å²) in [5.74, 6) is 1.70. The summed E-state index contributed by atoms with van der Waals surface area (Å²) >= 11 is 0. The maximum Gasteiger partial charge on any atom is 0.226 e. The number of likely N-dealkylation sites (tertiary alicyclic amines) is 1. The summed E-state index contributed by atoms with van der Waals surface area (Å²) in [7, 11) is 3.92. The van der Waals surface area contributed by atoms with Crippen LogP contribution in [0.25, 0.3) is 0 Å². The van der Waals surface area contributed by atoms with Crippen molar-refractivity contribution in [3.63, 3.8) is 0 Å². The predicted octanol–water partition coefficient (Wildman–Crippen LogP) is 1.83. The minimum atomic E-state index is 0.540. The van der Waals surface area contributed by atoms with Crippen molar-refractivity contribution in [2.24, 2.45) is 0 Å². The Morgan fingerprint density at radius 3 is 2.74 bits per heavy atom. The highest BCUT2D eigenvalue weighted by atomic mass is 15.2. The average molecular weight is 263 g/mol. The maximum absolute atomic E-state index is 4.51. The SMILES string of the molecule is CCCN1CCC(Nc2ccnc(N(C)C)n2)CC1. The zero-order valence-corrected chi connectivity index (χ0v) is 12.3. The highest BCUT2D eigenvalue weighted by Gasteiger charge is 2.18. The molecule has 19 heavy (non-hydrogen) atoms. The zero-order valence-electron chi connectivity index (χ0n) is 12.3. The minimum absolute atomic E-state index is 0.540. The molecule has 5 nitrogen and oxygen atoms in total. The Balaban J connectivity index is 1.87. The Kier molecular flexibility index (Phi) is 4.96. The summed E-state index contributed by atoms with van der Waals surface area (Å²) in [4.78, 5) is 13.2. The summed E-state index contributed by atoms with van der Waals surface area (Å²) in [6.07, 6.45) is 5.45. The standard InChI is InChI=1S/C14H25N5/c1-4-9-19-10-6-12(7-11-19)16-13-5-8-15-14(17-13)18(2)3/h5,8,12H,4,6-7,9-11H2,1-3H3,(H,15,16,17). The second-order valence-corrected chi connectivity index (χ2v) is 5.40. The molecule has 1 aromatic rings. The van der Waals surface area contributed by atoms with E-state index < -0.39 is 0 Å². The zero-order chi connectivity index (χ0) is 13.7. The molecule has 0 radical (unpaired) electrons. The quantitative estimate of drug-likeness (QED) is 0.878. The van der Waals surface area contributed by atoms with E-state index in [1.54, 1.807) is 0 Å². The van der Waals surface area contributed by atoms with E-state index in [2.05, 4.69) is 27.1 Å². The first-order chi connectivity index (χ1) is 9.19. The predicted molar refractivity (Wildman–Crippen MR) is 79.7 cm³/mol. The first-order valence-corrected chi connectivity index (χ1v) is 7.18. The molecule has 2 heterocycles. The molecule has 0 aromatic carbocycles. The summed E-state index contributed by atoms with van der Waals surface area (Å²) in [6, 6.07) is 2.49. The number of nitrogens with zero attached hydrogens (tertiary/aromatic N) is 4. The minimum Gasteiger partial charge on any atom is -0.367 e. The smallest absolute Gasteiger partial charge is 0.226 e. The largest absolute Gasteiger partial charge is 0.367 e. The topological polar surface area (TPSA) is 44.3 Å².